The minimum Gasteiger partial charge on any atom is -0.306 e. The Kier molecular flexibility index (Phi) is 4.60. The van der Waals surface area contributed by atoms with E-state index in [-0.39, 0.29) is 11.8 Å². The van der Waals surface area contributed by atoms with Crippen LogP contribution in [0.1, 0.15) is 24.0 Å². The van der Waals surface area contributed by atoms with Gasteiger partial charge < -0.3 is 4.90 Å². The highest BCUT2D eigenvalue weighted by Crippen LogP contribution is 2.12. The van der Waals surface area contributed by atoms with Crippen LogP contribution in [-0.4, -0.2) is 39.5 Å². The third kappa shape index (κ3) is 4.60. The number of benzene rings is 1. The van der Waals surface area contributed by atoms with Crippen molar-refractivity contribution in [3.63, 3.8) is 0 Å². The maximum Gasteiger partial charge on any atom is 0.216 e. The van der Waals surface area contributed by atoms with Gasteiger partial charge >= 0.3 is 0 Å². The van der Waals surface area contributed by atoms with Crippen molar-refractivity contribution in [3.8, 4) is 0 Å². The van der Waals surface area contributed by atoms with Crippen molar-refractivity contribution < 1.29 is 8.42 Å². The van der Waals surface area contributed by atoms with Crippen molar-refractivity contribution >= 4 is 10.0 Å². The predicted molar refractivity (Wildman–Crippen MR) is 77.5 cm³/mol. The molecule has 1 fully saturated rings. The highest BCUT2D eigenvalue weighted by molar-refractivity contribution is 7.88. The van der Waals surface area contributed by atoms with Gasteiger partial charge in [0.15, 0.2) is 0 Å². The standard InChI is InChI=1S/C14H22N2O2S/c1-12-4-3-5-13(10-12)11-19(17,18)15-14-6-8-16(2)9-7-14/h3-5,10,14-15H,6-9,11H2,1-2H3. The van der Waals surface area contributed by atoms with Crippen LogP contribution >= 0.6 is 0 Å². The maximum atomic E-state index is 12.1. The molecule has 1 aliphatic heterocycles. The van der Waals surface area contributed by atoms with Crippen molar-refractivity contribution in [1.82, 2.24) is 9.62 Å². The Morgan fingerprint density at radius 3 is 2.63 bits per heavy atom. The average Bonchev–Trinajstić information content (AvgIpc) is 2.31. The van der Waals surface area contributed by atoms with Gasteiger partial charge in [0.2, 0.25) is 10.0 Å². The molecule has 0 unspecified atom stereocenters. The van der Waals surface area contributed by atoms with Crippen LogP contribution in [0, 0.1) is 6.92 Å². The van der Waals surface area contributed by atoms with Crippen molar-refractivity contribution in [2.75, 3.05) is 20.1 Å². The maximum absolute atomic E-state index is 12.1. The van der Waals surface area contributed by atoms with Gasteiger partial charge in [0.05, 0.1) is 5.75 Å². The number of aryl methyl sites for hydroxylation is 1. The fourth-order valence-electron chi connectivity index (χ4n) is 2.44. The van der Waals surface area contributed by atoms with Crippen LogP contribution in [0.2, 0.25) is 0 Å². The van der Waals surface area contributed by atoms with E-state index in [0.717, 1.165) is 37.1 Å². The number of nitrogens with one attached hydrogen (secondary N) is 1. The molecule has 0 bridgehead atoms. The molecule has 106 valence electrons. The number of likely N-dealkylation sites (tertiary alicyclic amines) is 1. The molecule has 1 N–H and O–H groups in total. The third-order valence-electron chi connectivity index (χ3n) is 3.50. The minimum absolute atomic E-state index is 0.0705. The van der Waals surface area contributed by atoms with Gasteiger partial charge in [-0.15, -0.1) is 0 Å². The predicted octanol–water partition coefficient (Wildman–Crippen LogP) is 1.51. The lowest BCUT2D eigenvalue weighted by Crippen LogP contribution is -2.43. The van der Waals surface area contributed by atoms with Gasteiger partial charge in [-0.05, 0) is 45.5 Å². The third-order valence-corrected chi connectivity index (χ3v) is 4.91. The van der Waals surface area contributed by atoms with Crippen molar-refractivity contribution in [3.05, 3.63) is 35.4 Å². The fraction of sp³-hybridized carbons (Fsp3) is 0.571. The molecule has 0 saturated carbocycles. The van der Waals surface area contributed by atoms with E-state index < -0.39 is 10.0 Å². The number of rotatable bonds is 4. The highest BCUT2D eigenvalue weighted by atomic mass is 32.2. The summed E-state index contributed by atoms with van der Waals surface area (Å²) in [6.07, 6.45) is 1.78. The number of hydrogen-bond donors (Lipinski definition) is 1. The summed E-state index contributed by atoms with van der Waals surface area (Å²) in [5.74, 6) is 0.0705. The van der Waals surface area contributed by atoms with E-state index in [4.69, 9.17) is 0 Å². The van der Waals surface area contributed by atoms with Crippen molar-refractivity contribution in [2.45, 2.75) is 31.6 Å². The van der Waals surface area contributed by atoms with Gasteiger partial charge in [-0.3, -0.25) is 0 Å². The molecular weight excluding hydrogens is 260 g/mol. The summed E-state index contributed by atoms with van der Waals surface area (Å²) < 4.78 is 27.1. The smallest absolute Gasteiger partial charge is 0.216 e. The first-order chi connectivity index (χ1) is 8.94. The molecule has 19 heavy (non-hydrogen) atoms. The number of piperidine rings is 1. The zero-order valence-electron chi connectivity index (χ0n) is 11.6. The topological polar surface area (TPSA) is 49.4 Å². The molecule has 0 radical (unpaired) electrons. The summed E-state index contributed by atoms with van der Waals surface area (Å²) >= 11 is 0. The molecule has 0 atom stereocenters. The second kappa shape index (κ2) is 6.03. The number of nitrogens with zero attached hydrogens (tertiary/aromatic N) is 1. The first kappa shape index (κ1) is 14.5. The molecule has 5 heteroatoms. The Balaban J connectivity index is 1.95. The van der Waals surface area contributed by atoms with E-state index in [2.05, 4.69) is 16.7 Å². The minimum atomic E-state index is -3.24. The Morgan fingerprint density at radius 1 is 1.32 bits per heavy atom. The summed E-state index contributed by atoms with van der Waals surface area (Å²) in [4.78, 5) is 2.23. The number of hydrogen-bond acceptors (Lipinski definition) is 3. The van der Waals surface area contributed by atoms with Gasteiger partial charge in [-0.1, -0.05) is 29.8 Å². The summed E-state index contributed by atoms with van der Waals surface area (Å²) in [5.41, 5.74) is 1.94. The lowest BCUT2D eigenvalue weighted by atomic mass is 10.1. The van der Waals surface area contributed by atoms with Crippen LogP contribution in [0.5, 0.6) is 0 Å². The quantitative estimate of drug-likeness (QED) is 0.910. The van der Waals surface area contributed by atoms with Crippen molar-refractivity contribution in [1.29, 1.82) is 0 Å². The molecule has 0 aromatic heterocycles. The second-order valence-corrected chi connectivity index (χ2v) is 7.20. The van der Waals surface area contributed by atoms with Crippen LogP contribution in [0.4, 0.5) is 0 Å². The normalized spacial score (nSPS) is 18.6. The Morgan fingerprint density at radius 2 is 2.00 bits per heavy atom. The van der Waals surface area contributed by atoms with Gasteiger partial charge in [0.1, 0.15) is 0 Å². The van der Waals surface area contributed by atoms with Crippen LogP contribution in [0.25, 0.3) is 0 Å². The first-order valence-corrected chi connectivity index (χ1v) is 8.34. The fourth-order valence-corrected chi connectivity index (χ4v) is 3.89. The van der Waals surface area contributed by atoms with E-state index in [0.29, 0.717) is 0 Å². The van der Waals surface area contributed by atoms with Crippen LogP contribution in [0.3, 0.4) is 0 Å². The molecule has 0 amide bonds. The van der Waals surface area contributed by atoms with Crippen LogP contribution in [-0.2, 0) is 15.8 Å². The first-order valence-electron chi connectivity index (χ1n) is 6.69. The van der Waals surface area contributed by atoms with Gasteiger partial charge in [0.25, 0.3) is 0 Å². The van der Waals surface area contributed by atoms with Gasteiger partial charge in [-0.2, -0.15) is 0 Å². The average molecular weight is 282 g/mol. The summed E-state index contributed by atoms with van der Waals surface area (Å²) in [7, 11) is -1.17. The molecule has 2 rings (SSSR count). The SMILES string of the molecule is Cc1cccc(CS(=O)(=O)NC2CCN(C)CC2)c1. The number of sulfonamides is 1. The highest BCUT2D eigenvalue weighted by Gasteiger charge is 2.22. The van der Waals surface area contributed by atoms with E-state index in [1.165, 1.54) is 0 Å². The van der Waals surface area contributed by atoms with E-state index >= 15 is 0 Å². The molecule has 1 heterocycles. The summed E-state index contributed by atoms with van der Waals surface area (Å²) in [5, 5.41) is 0. The van der Waals surface area contributed by atoms with E-state index in [1.54, 1.807) is 0 Å². The van der Waals surface area contributed by atoms with Gasteiger partial charge in [0, 0.05) is 6.04 Å². The summed E-state index contributed by atoms with van der Waals surface area (Å²) in [6, 6.07) is 7.75. The molecule has 1 saturated heterocycles. The van der Waals surface area contributed by atoms with Crippen LogP contribution in [0.15, 0.2) is 24.3 Å². The second-order valence-electron chi connectivity index (χ2n) is 5.44. The zero-order valence-corrected chi connectivity index (χ0v) is 12.4. The van der Waals surface area contributed by atoms with E-state index in [9.17, 15) is 8.42 Å². The van der Waals surface area contributed by atoms with Crippen LogP contribution < -0.4 is 4.72 Å². The largest absolute Gasteiger partial charge is 0.306 e. The monoisotopic (exact) mass is 282 g/mol. The molecule has 4 nitrogen and oxygen atoms in total. The Bertz CT molecular complexity index is 520. The Hall–Kier alpha value is -0.910. The molecule has 0 aliphatic carbocycles. The molecule has 1 aromatic rings. The zero-order chi connectivity index (χ0) is 13.9. The molecular formula is C14H22N2O2S. The van der Waals surface area contributed by atoms with Gasteiger partial charge in [-0.25, -0.2) is 13.1 Å². The molecule has 1 aromatic carbocycles. The van der Waals surface area contributed by atoms with Crippen molar-refractivity contribution in [2.24, 2.45) is 0 Å². The molecule has 1 aliphatic rings. The lowest BCUT2D eigenvalue weighted by Gasteiger charge is -2.29. The summed E-state index contributed by atoms with van der Waals surface area (Å²) in [6.45, 7) is 3.88. The van der Waals surface area contributed by atoms with E-state index in [1.807, 2.05) is 31.2 Å². The lowest BCUT2D eigenvalue weighted by molar-refractivity contribution is 0.248. The Labute approximate surface area is 115 Å². The molecule has 0 spiro atoms.